The van der Waals surface area contributed by atoms with Gasteiger partial charge in [-0.1, -0.05) is 12.8 Å². The van der Waals surface area contributed by atoms with E-state index in [1.54, 1.807) is 6.92 Å². The second-order valence-corrected chi connectivity index (χ2v) is 3.85. The van der Waals surface area contributed by atoms with E-state index in [1.165, 1.54) is 0 Å². The summed E-state index contributed by atoms with van der Waals surface area (Å²) in [6.45, 7) is 5.57. The van der Waals surface area contributed by atoms with Crippen molar-refractivity contribution in [3.05, 3.63) is 0 Å². The van der Waals surface area contributed by atoms with Gasteiger partial charge in [0.25, 0.3) is 0 Å². The maximum Gasteiger partial charge on any atom is 0.219 e. The molecule has 1 heterocycles. The lowest BCUT2D eigenvalue weighted by Gasteiger charge is -2.28. The normalized spacial score (nSPS) is 17.4. The number of amides is 1. The van der Waals surface area contributed by atoms with Gasteiger partial charge in [0.2, 0.25) is 5.91 Å². The number of carbonyl (C=O) groups is 1. The maximum atomic E-state index is 11.1. The minimum absolute atomic E-state index is 0.199. The van der Waals surface area contributed by atoms with E-state index in [4.69, 9.17) is 0 Å². The second kappa shape index (κ2) is 5.70. The predicted octanol–water partition coefficient (Wildman–Crippen LogP) is 2.05. The topological polar surface area (TPSA) is 20.3 Å². The molecule has 1 saturated heterocycles. The van der Waals surface area contributed by atoms with Crippen LogP contribution in [0.2, 0.25) is 0 Å². The zero-order chi connectivity index (χ0) is 10.4. The first-order valence-electron chi connectivity index (χ1n) is 5.48. The Kier molecular flexibility index (Phi) is 4.52. The smallest absolute Gasteiger partial charge is 0.219 e. The summed E-state index contributed by atoms with van der Waals surface area (Å²) < 4.78 is 0. The number of nitrogens with zero attached hydrogens (tertiary/aromatic N) is 1. The van der Waals surface area contributed by atoms with Crippen LogP contribution in [0, 0.1) is 17.8 Å². The molecule has 0 atom stereocenters. The van der Waals surface area contributed by atoms with Gasteiger partial charge in [-0.2, -0.15) is 0 Å². The Morgan fingerprint density at radius 3 is 2.57 bits per heavy atom. The van der Waals surface area contributed by atoms with E-state index in [-0.39, 0.29) is 5.91 Å². The summed E-state index contributed by atoms with van der Waals surface area (Å²) in [5.74, 6) is 7.21. The molecular formula is C12H19NO. The van der Waals surface area contributed by atoms with Crippen molar-refractivity contribution in [1.82, 2.24) is 4.90 Å². The van der Waals surface area contributed by atoms with Crippen molar-refractivity contribution >= 4 is 5.91 Å². The summed E-state index contributed by atoms with van der Waals surface area (Å²) in [6.07, 6.45) is 4.25. The molecule has 1 aliphatic rings. The van der Waals surface area contributed by atoms with Crippen LogP contribution in [0.25, 0.3) is 0 Å². The van der Waals surface area contributed by atoms with E-state index in [0.29, 0.717) is 5.92 Å². The number of likely N-dealkylation sites (tertiary alicyclic amines) is 1. The van der Waals surface area contributed by atoms with Crippen molar-refractivity contribution in [1.29, 1.82) is 0 Å². The molecule has 0 spiro atoms. The molecular weight excluding hydrogens is 174 g/mol. The van der Waals surface area contributed by atoms with Crippen LogP contribution < -0.4 is 0 Å². The number of rotatable bonds is 1. The van der Waals surface area contributed by atoms with Gasteiger partial charge in [0.1, 0.15) is 0 Å². The third-order valence-corrected chi connectivity index (χ3v) is 2.62. The Morgan fingerprint density at radius 2 is 2.07 bits per heavy atom. The van der Waals surface area contributed by atoms with Crippen molar-refractivity contribution in [3.63, 3.8) is 0 Å². The highest BCUT2D eigenvalue weighted by atomic mass is 16.2. The van der Waals surface area contributed by atoms with Gasteiger partial charge < -0.3 is 4.90 Å². The Morgan fingerprint density at radius 1 is 1.43 bits per heavy atom. The van der Waals surface area contributed by atoms with E-state index < -0.39 is 0 Å². The van der Waals surface area contributed by atoms with E-state index in [9.17, 15) is 4.79 Å². The van der Waals surface area contributed by atoms with Crippen LogP contribution in [-0.2, 0) is 4.79 Å². The molecule has 0 aromatic rings. The summed E-state index contributed by atoms with van der Waals surface area (Å²) in [5.41, 5.74) is 0. The fourth-order valence-electron chi connectivity index (χ4n) is 1.68. The van der Waals surface area contributed by atoms with Crippen molar-refractivity contribution in [3.8, 4) is 11.8 Å². The highest BCUT2D eigenvalue weighted by Crippen LogP contribution is 2.16. The summed E-state index contributed by atoms with van der Waals surface area (Å²) in [6, 6.07) is 0. The molecule has 1 fully saturated rings. The number of unbranched alkanes of at least 4 members (excludes halogenated alkanes) is 1. The van der Waals surface area contributed by atoms with Gasteiger partial charge in [-0.15, -0.1) is 5.92 Å². The molecule has 0 unspecified atom stereocenters. The predicted molar refractivity (Wildman–Crippen MR) is 57.7 cm³/mol. The Labute approximate surface area is 86.7 Å². The fraction of sp³-hybridized carbons (Fsp3) is 0.750. The molecule has 14 heavy (non-hydrogen) atoms. The third-order valence-electron chi connectivity index (χ3n) is 2.62. The van der Waals surface area contributed by atoms with Crippen LogP contribution in [-0.4, -0.2) is 23.9 Å². The minimum Gasteiger partial charge on any atom is -0.343 e. The van der Waals surface area contributed by atoms with Crippen LogP contribution in [0.1, 0.15) is 39.5 Å². The molecule has 0 aromatic heterocycles. The molecule has 1 rings (SSSR count). The van der Waals surface area contributed by atoms with Gasteiger partial charge in [0.15, 0.2) is 0 Å². The first kappa shape index (κ1) is 11.1. The molecule has 0 aromatic carbocycles. The summed E-state index contributed by atoms with van der Waals surface area (Å²) in [5, 5.41) is 0. The Hall–Kier alpha value is -0.970. The number of hydrogen-bond donors (Lipinski definition) is 0. The monoisotopic (exact) mass is 193 g/mol. The SMILES string of the molecule is CCCC#CC1CCN(C(C)=O)CC1. The quantitative estimate of drug-likeness (QED) is 0.584. The van der Waals surface area contributed by atoms with Crippen molar-refractivity contribution in [2.24, 2.45) is 5.92 Å². The standard InChI is InChI=1S/C12H19NO/c1-3-4-5-6-12-7-9-13(10-8-12)11(2)14/h12H,3-4,7-10H2,1-2H3. The summed E-state index contributed by atoms with van der Waals surface area (Å²) in [4.78, 5) is 13.0. The van der Waals surface area contributed by atoms with Gasteiger partial charge in [-0.25, -0.2) is 0 Å². The highest BCUT2D eigenvalue weighted by molar-refractivity contribution is 5.73. The van der Waals surface area contributed by atoms with Gasteiger partial charge >= 0.3 is 0 Å². The second-order valence-electron chi connectivity index (χ2n) is 3.85. The Balaban J connectivity index is 2.29. The number of carbonyl (C=O) groups excluding carboxylic acids is 1. The van der Waals surface area contributed by atoms with Gasteiger partial charge in [0, 0.05) is 32.4 Å². The molecule has 1 aliphatic heterocycles. The average Bonchev–Trinajstić information content (AvgIpc) is 2.19. The number of piperidine rings is 1. The minimum atomic E-state index is 0.199. The maximum absolute atomic E-state index is 11.1. The zero-order valence-corrected chi connectivity index (χ0v) is 9.18. The van der Waals surface area contributed by atoms with Crippen LogP contribution in [0.15, 0.2) is 0 Å². The molecule has 0 radical (unpaired) electrons. The first-order valence-corrected chi connectivity index (χ1v) is 5.48. The molecule has 0 aliphatic carbocycles. The van der Waals surface area contributed by atoms with E-state index in [1.807, 2.05) is 4.90 Å². The lowest BCUT2D eigenvalue weighted by Crippen LogP contribution is -2.36. The molecule has 2 nitrogen and oxygen atoms in total. The van der Waals surface area contributed by atoms with Crippen molar-refractivity contribution in [2.75, 3.05) is 13.1 Å². The van der Waals surface area contributed by atoms with E-state index in [2.05, 4.69) is 18.8 Å². The van der Waals surface area contributed by atoms with E-state index >= 15 is 0 Å². The van der Waals surface area contributed by atoms with Crippen LogP contribution in [0.5, 0.6) is 0 Å². The van der Waals surface area contributed by atoms with Crippen molar-refractivity contribution < 1.29 is 4.79 Å². The molecule has 78 valence electrons. The molecule has 0 N–H and O–H groups in total. The van der Waals surface area contributed by atoms with Gasteiger partial charge in [-0.05, 0) is 19.3 Å². The summed E-state index contributed by atoms with van der Waals surface area (Å²) in [7, 11) is 0. The third kappa shape index (κ3) is 3.41. The zero-order valence-electron chi connectivity index (χ0n) is 9.18. The molecule has 1 amide bonds. The first-order chi connectivity index (χ1) is 6.74. The average molecular weight is 193 g/mol. The molecule has 0 bridgehead atoms. The van der Waals surface area contributed by atoms with Crippen LogP contribution in [0.3, 0.4) is 0 Å². The number of hydrogen-bond acceptors (Lipinski definition) is 1. The lowest BCUT2D eigenvalue weighted by molar-refractivity contribution is -0.129. The van der Waals surface area contributed by atoms with Crippen LogP contribution in [0.4, 0.5) is 0 Å². The van der Waals surface area contributed by atoms with Crippen LogP contribution >= 0.6 is 0 Å². The summed E-state index contributed by atoms with van der Waals surface area (Å²) >= 11 is 0. The molecule has 0 saturated carbocycles. The van der Waals surface area contributed by atoms with Gasteiger partial charge in [-0.3, -0.25) is 4.79 Å². The van der Waals surface area contributed by atoms with E-state index in [0.717, 1.165) is 38.8 Å². The largest absolute Gasteiger partial charge is 0.343 e. The van der Waals surface area contributed by atoms with Crippen molar-refractivity contribution in [2.45, 2.75) is 39.5 Å². The lowest BCUT2D eigenvalue weighted by atomic mass is 9.97. The highest BCUT2D eigenvalue weighted by Gasteiger charge is 2.18. The van der Waals surface area contributed by atoms with Gasteiger partial charge in [0.05, 0.1) is 0 Å². The molecule has 2 heteroatoms. The Bertz CT molecular complexity index is 241. The fourth-order valence-corrected chi connectivity index (χ4v) is 1.68.